The largest absolute Gasteiger partial charge is 0.396 e. The molecule has 3 aliphatic heterocycles. The average molecular weight is 560 g/mol. The van der Waals surface area contributed by atoms with E-state index < -0.39 is 34.6 Å². The lowest BCUT2D eigenvalue weighted by atomic mass is 9.66. The number of hydrogen-bond donors (Lipinski definition) is 1. The first-order valence-corrected chi connectivity index (χ1v) is 15.0. The quantitative estimate of drug-likeness (QED) is 0.255. The monoisotopic (exact) mass is 559 g/mol. The number of aliphatic hydroxyl groups is 1. The molecule has 2 unspecified atom stereocenters. The Labute approximate surface area is 241 Å². The minimum Gasteiger partial charge on any atom is -0.396 e. The Kier molecular flexibility index (Phi) is 9.67. The average Bonchev–Trinajstić information content (AvgIpc) is 3.41. The highest BCUT2D eigenvalue weighted by atomic mass is 16.5. The molecule has 5 atom stereocenters. The number of rotatable bonds is 14. The van der Waals surface area contributed by atoms with Crippen molar-refractivity contribution in [2.24, 2.45) is 17.3 Å². The van der Waals surface area contributed by atoms with Crippen molar-refractivity contribution in [2.45, 2.75) is 109 Å². The van der Waals surface area contributed by atoms with E-state index in [0.29, 0.717) is 38.9 Å². The molecule has 3 heterocycles. The number of aliphatic hydroxyl groups excluding tert-OH is 1. The maximum atomic E-state index is 14.8. The number of carbonyl (C=O) groups excluding carboxylic acids is 3. The lowest BCUT2D eigenvalue weighted by Gasteiger charge is -2.45. The molecular formula is C32H53N3O5. The van der Waals surface area contributed by atoms with Crippen molar-refractivity contribution in [3.8, 4) is 0 Å². The molecule has 2 bridgehead atoms. The Balaban J connectivity index is 2.06. The fraction of sp³-hybridized carbons (Fsp3) is 0.781. The maximum absolute atomic E-state index is 14.8. The molecule has 3 fully saturated rings. The second-order valence-electron chi connectivity index (χ2n) is 14.2. The highest BCUT2D eigenvalue weighted by Gasteiger charge is 2.78. The normalized spacial score (nSPS) is 29.4. The Bertz CT molecular complexity index is 988. The molecule has 226 valence electrons. The van der Waals surface area contributed by atoms with Gasteiger partial charge in [-0.05, 0) is 58.3 Å². The van der Waals surface area contributed by atoms with Crippen LogP contribution in [0.5, 0.6) is 0 Å². The Hall–Kier alpha value is -2.19. The molecule has 3 amide bonds. The van der Waals surface area contributed by atoms with E-state index >= 15 is 0 Å². The SMILES string of the molecule is C=CCN(C)C(=O)[C@H]1[C@H]2C(=O)N(CCCCCCO)C(C(=O)N(CC=C)C(C)(C)CC(C)(C)C)C23CC[C@]1(C)O3. The number of likely N-dealkylation sites (tertiary alicyclic amines) is 1. The molecule has 0 aromatic heterocycles. The zero-order valence-corrected chi connectivity index (χ0v) is 26.0. The summed E-state index contributed by atoms with van der Waals surface area (Å²) < 4.78 is 6.81. The first-order chi connectivity index (χ1) is 18.6. The minimum absolute atomic E-state index is 0.0229. The number of fused-ring (bicyclic) bond motifs is 1. The van der Waals surface area contributed by atoms with E-state index in [1.807, 2.05) is 11.8 Å². The molecule has 0 aromatic rings. The highest BCUT2D eigenvalue weighted by molar-refractivity contribution is 5.99. The molecule has 40 heavy (non-hydrogen) atoms. The third-order valence-corrected chi connectivity index (χ3v) is 9.13. The van der Waals surface area contributed by atoms with Crippen molar-refractivity contribution in [1.29, 1.82) is 0 Å². The van der Waals surface area contributed by atoms with E-state index in [-0.39, 0.29) is 29.7 Å². The van der Waals surface area contributed by atoms with Gasteiger partial charge in [0, 0.05) is 38.8 Å². The summed E-state index contributed by atoms with van der Waals surface area (Å²) in [6.45, 7) is 21.6. The van der Waals surface area contributed by atoms with Gasteiger partial charge in [0.15, 0.2) is 0 Å². The van der Waals surface area contributed by atoms with Crippen LogP contribution in [-0.4, -0.2) is 93.6 Å². The maximum Gasteiger partial charge on any atom is 0.249 e. The van der Waals surface area contributed by atoms with Gasteiger partial charge >= 0.3 is 0 Å². The van der Waals surface area contributed by atoms with Crippen LogP contribution in [0.15, 0.2) is 25.3 Å². The number of likely N-dealkylation sites (N-methyl/N-ethyl adjacent to an activating group) is 1. The molecular weight excluding hydrogens is 506 g/mol. The fourth-order valence-corrected chi connectivity index (χ4v) is 7.90. The van der Waals surface area contributed by atoms with Gasteiger partial charge in [-0.1, -0.05) is 45.8 Å². The summed E-state index contributed by atoms with van der Waals surface area (Å²) >= 11 is 0. The molecule has 0 aromatic carbocycles. The zero-order valence-electron chi connectivity index (χ0n) is 26.0. The van der Waals surface area contributed by atoms with Gasteiger partial charge in [-0.15, -0.1) is 13.2 Å². The van der Waals surface area contributed by atoms with E-state index in [2.05, 4.69) is 47.8 Å². The summed E-state index contributed by atoms with van der Waals surface area (Å²) in [6, 6.07) is -0.800. The molecule has 8 heteroatoms. The zero-order chi connectivity index (χ0) is 30.1. The minimum atomic E-state index is -1.04. The second-order valence-corrected chi connectivity index (χ2v) is 14.2. The van der Waals surface area contributed by atoms with Gasteiger partial charge in [-0.2, -0.15) is 0 Å². The van der Waals surface area contributed by atoms with Crippen molar-refractivity contribution in [3.63, 3.8) is 0 Å². The Morgan fingerprint density at radius 2 is 1.68 bits per heavy atom. The number of unbranched alkanes of at least 4 members (excludes halogenated alkanes) is 3. The highest BCUT2D eigenvalue weighted by Crippen LogP contribution is 2.63. The van der Waals surface area contributed by atoms with Crippen LogP contribution in [0.4, 0.5) is 0 Å². The van der Waals surface area contributed by atoms with Crippen molar-refractivity contribution in [1.82, 2.24) is 14.7 Å². The topological polar surface area (TPSA) is 90.4 Å². The number of ether oxygens (including phenoxy) is 1. The molecule has 8 nitrogen and oxygen atoms in total. The number of amides is 3. The standard InChI is InChI=1S/C32H53N3O5/c1-10-18-33(9)26(37)23-24-27(38)34(20-14-12-13-15-21-36)25(32(24)17-16-31(23,8)40-32)28(39)35(19-11-2)30(6,7)22-29(3,4)5/h10-11,23-25,36H,1-2,12-22H2,3-9H3/t23-,24+,25?,31+,32?/m1/s1. The van der Waals surface area contributed by atoms with Gasteiger partial charge in [-0.3, -0.25) is 14.4 Å². The van der Waals surface area contributed by atoms with Crippen LogP contribution in [0.25, 0.3) is 0 Å². The van der Waals surface area contributed by atoms with Crippen LogP contribution < -0.4 is 0 Å². The number of carbonyl (C=O) groups is 3. The van der Waals surface area contributed by atoms with Gasteiger partial charge in [0.05, 0.1) is 17.4 Å². The fourth-order valence-electron chi connectivity index (χ4n) is 7.90. The molecule has 1 spiro atoms. The Morgan fingerprint density at radius 1 is 1.05 bits per heavy atom. The van der Waals surface area contributed by atoms with Gasteiger partial charge in [0.1, 0.15) is 11.6 Å². The summed E-state index contributed by atoms with van der Waals surface area (Å²) in [5, 5.41) is 9.19. The van der Waals surface area contributed by atoms with Gasteiger partial charge < -0.3 is 24.5 Å². The summed E-state index contributed by atoms with van der Waals surface area (Å²) in [4.78, 5) is 48.1. The van der Waals surface area contributed by atoms with Gasteiger partial charge in [-0.25, -0.2) is 0 Å². The summed E-state index contributed by atoms with van der Waals surface area (Å²) in [7, 11) is 1.73. The molecule has 3 rings (SSSR count). The third kappa shape index (κ3) is 5.89. The van der Waals surface area contributed by atoms with Crippen molar-refractivity contribution in [2.75, 3.05) is 33.3 Å². The summed E-state index contributed by atoms with van der Waals surface area (Å²) in [5.41, 5.74) is -2.36. The van der Waals surface area contributed by atoms with Crippen LogP contribution in [0.1, 0.15) is 86.5 Å². The smallest absolute Gasteiger partial charge is 0.249 e. The van der Waals surface area contributed by atoms with Crippen molar-refractivity contribution >= 4 is 17.7 Å². The van der Waals surface area contributed by atoms with E-state index in [1.165, 1.54) is 0 Å². The lowest BCUT2D eigenvalue weighted by molar-refractivity contribution is -0.156. The molecule has 3 saturated heterocycles. The second kappa shape index (κ2) is 12.0. The van der Waals surface area contributed by atoms with Crippen LogP contribution in [0.2, 0.25) is 0 Å². The first-order valence-electron chi connectivity index (χ1n) is 15.0. The van der Waals surface area contributed by atoms with Crippen molar-refractivity contribution < 1.29 is 24.2 Å². The third-order valence-electron chi connectivity index (χ3n) is 9.13. The first kappa shape index (κ1) is 32.3. The van der Waals surface area contributed by atoms with Crippen LogP contribution in [-0.2, 0) is 19.1 Å². The predicted molar refractivity (Wildman–Crippen MR) is 157 cm³/mol. The van der Waals surface area contributed by atoms with Crippen LogP contribution in [0, 0.1) is 17.3 Å². The molecule has 0 radical (unpaired) electrons. The molecule has 0 saturated carbocycles. The predicted octanol–water partition coefficient (Wildman–Crippen LogP) is 4.18. The van der Waals surface area contributed by atoms with Crippen molar-refractivity contribution in [3.05, 3.63) is 25.3 Å². The summed E-state index contributed by atoms with van der Waals surface area (Å²) in [6.07, 6.45) is 8.51. The Morgan fingerprint density at radius 3 is 2.25 bits per heavy atom. The van der Waals surface area contributed by atoms with Gasteiger partial charge in [0.2, 0.25) is 17.7 Å². The molecule has 3 aliphatic rings. The van der Waals surface area contributed by atoms with E-state index in [0.717, 1.165) is 25.7 Å². The number of nitrogens with zero attached hydrogens (tertiary/aromatic N) is 3. The van der Waals surface area contributed by atoms with Gasteiger partial charge in [0.25, 0.3) is 0 Å². The van der Waals surface area contributed by atoms with E-state index in [1.54, 1.807) is 29.0 Å². The summed E-state index contributed by atoms with van der Waals surface area (Å²) in [5.74, 6) is -1.76. The van der Waals surface area contributed by atoms with E-state index in [9.17, 15) is 19.5 Å². The van der Waals surface area contributed by atoms with Crippen LogP contribution >= 0.6 is 0 Å². The molecule has 0 aliphatic carbocycles. The molecule has 1 N–H and O–H groups in total. The van der Waals surface area contributed by atoms with E-state index in [4.69, 9.17) is 4.74 Å². The number of hydrogen-bond acceptors (Lipinski definition) is 5. The lowest BCUT2D eigenvalue weighted by Crippen LogP contribution is -2.61. The van der Waals surface area contributed by atoms with Crippen LogP contribution in [0.3, 0.4) is 0 Å².